The highest BCUT2D eigenvalue weighted by molar-refractivity contribution is 5.81. The van der Waals surface area contributed by atoms with Gasteiger partial charge < -0.3 is 5.11 Å². The molecular weight excluding hydrogens is 224 g/mol. The summed E-state index contributed by atoms with van der Waals surface area (Å²) in [4.78, 5) is 0. The first kappa shape index (κ1) is 11.7. The third-order valence-corrected chi connectivity index (χ3v) is 4.27. The minimum atomic E-state index is -0.188. The number of aliphatic hydroxyl groups is 1. The number of benzene rings is 1. The lowest BCUT2D eigenvalue weighted by atomic mass is 9.85. The average Bonchev–Trinajstić information content (AvgIpc) is 2.71. The van der Waals surface area contributed by atoms with Crippen LogP contribution in [0.4, 0.5) is 0 Å². The van der Waals surface area contributed by atoms with Gasteiger partial charge in [0.1, 0.15) is 0 Å². The van der Waals surface area contributed by atoms with Crippen molar-refractivity contribution in [3.63, 3.8) is 0 Å². The van der Waals surface area contributed by atoms with Crippen molar-refractivity contribution >= 4 is 10.9 Å². The van der Waals surface area contributed by atoms with Crippen molar-refractivity contribution in [3.05, 3.63) is 30.0 Å². The van der Waals surface area contributed by atoms with Gasteiger partial charge in [0.25, 0.3) is 0 Å². The van der Waals surface area contributed by atoms with Gasteiger partial charge in [0.15, 0.2) is 0 Å². The molecule has 0 spiro atoms. The molecule has 1 N–H and O–H groups in total. The van der Waals surface area contributed by atoms with E-state index in [-0.39, 0.29) is 6.10 Å². The van der Waals surface area contributed by atoms with Gasteiger partial charge in [0.05, 0.1) is 23.4 Å². The molecule has 0 saturated heterocycles. The van der Waals surface area contributed by atoms with Gasteiger partial charge >= 0.3 is 0 Å². The van der Waals surface area contributed by atoms with Crippen LogP contribution < -0.4 is 0 Å². The molecule has 3 heteroatoms. The molecule has 1 aliphatic rings. The molecule has 2 aromatic rings. The first-order valence-corrected chi connectivity index (χ1v) is 6.78. The lowest BCUT2D eigenvalue weighted by molar-refractivity contribution is 0.0543. The Kier molecular flexibility index (Phi) is 2.86. The second-order valence-corrected chi connectivity index (χ2v) is 5.56. The van der Waals surface area contributed by atoms with E-state index >= 15 is 0 Å². The van der Waals surface area contributed by atoms with Gasteiger partial charge in [-0.1, -0.05) is 25.1 Å². The minimum absolute atomic E-state index is 0.188. The molecule has 3 nitrogen and oxygen atoms in total. The number of nitrogens with zero attached hydrogens (tertiary/aromatic N) is 2. The molecule has 0 radical (unpaired) electrons. The molecular formula is C15H20N2O. The number of hydrogen-bond donors (Lipinski definition) is 1. The SMILES string of the molecule is Cc1nn(C2CC[C@H](C)C(O)C2)c2ccccc12. The smallest absolute Gasteiger partial charge is 0.0688 e. The number of rotatable bonds is 1. The standard InChI is InChI=1S/C15H20N2O/c1-10-7-8-12(9-15(10)18)17-14-6-4-3-5-13(14)11(2)16-17/h3-6,10,12,15,18H,7-9H2,1-2H3/t10-,12?,15?/m0/s1. The Morgan fingerprint density at radius 1 is 1.28 bits per heavy atom. The summed E-state index contributed by atoms with van der Waals surface area (Å²) in [6, 6.07) is 8.70. The summed E-state index contributed by atoms with van der Waals surface area (Å²) >= 11 is 0. The molecule has 0 aliphatic heterocycles. The van der Waals surface area contributed by atoms with Crippen LogP contribution in [-0.4, -0.2) is 21.0 Å². The summed E-state index contributed by atoms with van der Waals surface area (Å²) in [6.07, 6.45) is 2.83. The highest BCUT2D eigenvalue weighted by Crippen LogP contribution is 2.34. The summed E-state index contributed by atoms with van der Waals surface area (Å²) in [5.41, 5.74) is 2.28. The highest BCUT2D eigenvalue weighted by Gasteiger charge is 2.28. The quantitative estimate of drug-likeness (QED) is 0.837. The van der Waals surface area contributed by atoms with Crippen molar-refractivity contribution in [2.75, 3.05) is 0 Å². The van der Waals surface area contributed by atoms with E-state index in [4.69, 9.17) is 0 Å². The van der Waals surface area contributed by atoms with E-state index in [1.807, 2.05) is 0 Å². The molecule has 1 saturated carbocycles. The molecule has 1 aliphatic carbocycles. The van der Waals surface area contributed by atoms with Crippen molar-refractivity contribution in [1.29, 1.82) is 0 Å². The third-order valence-electron chi connectivity index (χ3n) is 4.27. The van der Waals surface area contributed by atoms with Crippen LogP contribution in [-0.2, 0) is 0 Å². The Bertz CT molecular complexity index is 561. The molecule has 1 heterocycles. The Morgan fingerprint density at radius 3 is 2.83 bits per heavy atom. The van der Waals surface area contributed by atoms with E-state index in [0.717, 1.165) is 25.0 Å². The maximum absolute atomic E-state index is 10.0. The van der Waals surface area contributed by atoms with Gasteiger partial charge in [-0.2, -0.15) is 5.10 Å². The summed E-state index contributed by atoms with van der Waals surface area (Å²) in [5.74, 6) is 0.421. The summed E-state index contributed by atoms with van der Waals surface area (Å²) in [6.45, 7) is 4.19. The maximum atomic E-state index is 10.0. The van der Waals surface area contributed by atoms with Crippen molar-refractivity contribution in [3.8, 4) is 0 Å². The predicted molar refractivity (Wildman–Crippen MR) is 72.5 cm³/mol. The lowest BCUT2D eigenvalue weighted by Crippen LogP contribution is -2.29. The van der Waals surface area contributed by atoms with Gasteiger partial charge in [-0.3, -0.25) is 4.68 Å². The topological polar surface area (TPSA) is 38.0 Å². The number of aliphatic hydroxyl groups excluding tert-OH is 1. The van der Waals surface area contributed by atoms with Gasteiger partial charge in [-0.15, -0.1) is 0 Å². The summed E-state index contributed by atoms with van der Waals surface area (Å²) in [7, 11) is 0. The molecule has 0 amide bonds. The first-order valence-electron chi connectivity index (χ1n) is 6.78. The van der Waals surface area contributed by atoms with E-state index < -0.39 is 0 Å². The van der Waals surface area contributed by atoms with E-state index in [9.17, 15) is 5.11 Å². The van der Waals surface area contributed by atoms with Crippen molar-refractivity contribution in [2.45, 2.75) is 45.3 Å². The number of para-hydroxylation sites is 1. The van der Waals surface area contributed by atoms with Crippen LogP contribution in [0.5, 0.6) is 0 Å². The number of aromatic nitrogens is 2. The first-order chi connectivity index (χ1) is 8.66. The summed E-state index contributed by atoms with van der Waals surface area (Å²) < 4.78 is 2.12. The molecule has 1 fully saturated rings. The molecule has 2 unspecified atom stereocenters. The van der Waals surface area contributed by atoms with Crippen molar-refractivity contribution < 1.29 is 5.11 Å². The zero-order valence-corrected chi connectivity index (χ0v) is 11.0. The molecule has 0 bridgehead atoms. The van der Waals surface area contributed by atoms with Crippen molar-refractivity contribution in [1.82, 2.24) is 9.78 Å². The number of hydrogen-bond acceptors (Lipinski definition) is 2. The van der Waals surface area contributed by atoms with Crippen LogP contribution in [0.2, 0.25) is 0 Å². The van der Waals surface area contributed by atoms with E-state index in [0.29, 0.717) is 12.0 Å². The fourth-order valence-corrected chi connectivity index (χ4v) is 3.03. The van der Waals surface area contributed by atoms with Gasteiger partial charge in [0.2, 0.25) is 0 Å². The van der Waals surface area contributed by atoms with Gasteiger partial charge in [-0.25, -0.2) is 0 Å². The Morgan fingerprint density at radius 2 is 2.06 bits per heavy atom. The second kappa shape index (κ2) is 4.39. The minimum Gasteiger partial charge on any atom is -0.393 e. The van der Waals surface area contributed by atoms with E-state index in [2.05, 4.69) is 47.9 Å². The second-order valence-electron chi connectivity index (χ2n) is 5.56. The third kappa shape index (κ3) is 1.83. The molecule has 96 valence electrons. The van der Waals surface area contributed by atoms with Crippen LogP contribution in [0.3, 0.4) is 0 Å². The number of fused-ring (bicyclic) bond motifs is 1. The Labute approximate surface area is 107 Å². The predicted octanol–water partition coefficient (Wildman–Crippen LogP) is 3.07. The average molecular weight is 244 g/mol. The van der Waals surface area contributed by atoms with Crippen LogP contribution >= 0.6 is 0 Å². The maximum Gasteiger partial charge on any atom is 0.0688 e. The zero-order chi connectivity index (χ0) is 12.7. The molecule has 3 atom stereocenters. The Balaban J connectivity index is 2.00. The van der Waals surface area contributed by atoms with E-state index in [1.54, 1.807) is 0 Å². The van der Waals surface area contributed by atoms with Crippen molar-refractivity contribution in [2.24, 2.45) is 5.92 Å². The summed E-state index contributed by atoms with van der Waals surface area (Å²) in [5, 5.41) is 16.0. The normalized spacial score (nSPS) is 28.7. The van der Waals surface area contributed by atoms with Crippen LogP contribution in [0, 0.1) is 12.8 Å². The zero-order valence-electron chi connectivity index (χ0n) is 11.0. The largest absolute Gasteiger partial charge is 0.393 e. The van der Waals surface area contributed by atoms with Crippen LogP contribution in [0.1, 0.15) is 37.9 Å². The van der Waals surface area contributed by atoms with Gasteiger partial charge in [0, 0.05) is 5.39 Å². The van der Waals surface area contributed by atoms with Crippen LogP contribution in [0.25, 0.3) is 10.9 Å². The molecule has 1 aromatic heterocycles. The monoisotopic (exact) mass is 244 g/mol. The number of aryl methyl sites for hydroxylation is 1. The fraction of sp³-hybridized carbons (Fsp3) is 0.533. The fourth-order valence-electron chi connectivity index (χ4n) is 3.03. The van der Waals surface area contributed by atoms with Gasteiger partial charge in [-0.05, 0) is 38.2 Å². The highest BCUT2D eigenvalue weighted by atomic mass is 16.3. The lowest BCUT2D eigenvalue weighted by Gasteiger charge is -2.31. The van der Waals surface area contributed by atoms with Crippen LogP contribution in [0.15, 0.2) is 24.3 Å². The molecule has 3 rings (SSSR count). The Hall–Kier alpha value is -1.35. The van der Waals surface area contributed by atoms with E-state index in [1.165, 1.54) is 10.9 Å². The molecule has 18 heavy (non-hydrogen) atoms. The molecule has 1 aromatic carbocycles.